The highest BCUT2D eigenvalue weighted by molar-refractivity contribution is 5.29. The topological polar surface area (TPSA) is 47.3 Å². The Morgan fingerprint density at radius 3 is 2.63 bits per heavy atom. The maximum Gasteiger partial charge on any atom is 0.119 e. The Balaban J connectivity index is 2.50. The second kappa shape index (κ2) is 9.43. The van der Waals surface area contributed by atoms with Gasteiger partial charge in [0.2, 0.25) is 0 Å². The first-order chi connectivity index (χ1) is 9.31. The lowest BCUT2D eigenvalue weighted by Gasteiger charge is -2.16. The molecule has 0 amide bonds. The molecule has 0 aliphatic heterocycles. The molecule has 1 atom stereocenters. The molecular weight excluding hydrogens is 236 g/mol. The van der Waals surface area contributed by atoms with Crippen LogP contribution in [0.3, 0.4) is 0 Å². The minimum absolute atomic E-state index is 0.151. The third-order valence-electron chi connectivity index (χ3n) is 3.06. The fourth-order valence-corrected chi connectivity index (χ4v) is 1.89. The summed E-state index contributed by atoms with van der Waals surface area (Å²) >= 11 is 0. The average molecular weight is 260 g/mol. The number of ether oxygens (including phenoxy) is 1. The minimum Gasteiger partial charge on any atom is -0.494 e. The molecule has 1 unspecified atom stereocenters. The minimum atomic E-state index is 0.151. The summed E-state index contributed by atoms with van der Waals surface area (Å²) in [6.07, 6.45) is 10.2. The molecule has 0 aliphatic carbocycles. The van der Waals surface area contributed by atoms with E-state index in [0.717, 1.165) is 44.5 Å². The Morgan fingerprint density at radius 2 is 2.05 bits per heavy atom. The number of benzene rings is 1. The molecule has 0 aliphatic rings. The Morgan fingerprint density at radius 1 is 1.32 bits per heavy atom. The van der Waals surface area contributed by atoms with Crippen LogP contribution >= 0.6 is 0 Å². The van der Waals surface area contributed by atoms with Gasteiger partial charge in [-0.15, -0.1) is 12.3 Å². The second-order valence-corrected chi connectivity index (χ2v) is 4.59. The molecule has 0 radical (unpaired) electrons. The lowest BCUT2D eigenvalue weighted by Crippen LogP contribution is -2.27. The van der Waals surface area contributed by atoms with E-state index in [1.807, 2.05) is 12.1 Å². The maximum absolute atomic E-state index is 5.64. The van der Waals surface area contributed by atoms with E-state index >= 15 is 0 Å². The number of rotatable bonds is 9. The molecule has 1 rings (SSSR count). The van der Waals surface area contributed by atoms with Crippen molar-refractivity contribution >= 4 is 0 Å². The fourth-order valence-electron chi connectivity index (χ4n) is 1.89. The standard InChI is InChI=1S/C16H24N2O/c1-3-5-7-8-16(18-17)14-9-11-15(12-10-14)19-13-6-4-2/h1,9-12,16,18H,4-8,13,17H2,2H3. The Hall–Kier alpha value is -1.50. The van der Waals surface area contributed by atoms with Crippen molar-refractivity contribution in [1.82, 2.24) is 5.43 Å². The van der Waals surface area contributed by atoms with Gasteiger partial charge in [0.1, 0.15) is 5.75 Å². The normalized spacial score (nSPS) is 11.8. The first kappa shape index (κ1) is 15.6. The highest BCUT2D eigenvalue weighted by atomic mass is 16.5. The van der Waals surface area contributed by atoms with Gasteiger partial charge >= 0.3 is 0 Å². The van der Waals surface area contributed by atoms with E-state index in [-0.39, 0.29) is 6.04 Å². The number of terminal acetylenes is 1. The maximum atomic E-state index is 5.64. The van der Waals surface area contributed by atoms with E-state index in [2.05, 4.69) is 30.4 Å². The summed E-state index contributed by atoms with van der Waals surface area (Å²) in [5.41, 5.74) is 4.01. The van der Waals surface area contributed by atoms with Gasteiger partial charge in [-0.05, 0) is 37.0 Å². The second-order valence-electron chi connectivity index (χ2n) is 4.59. The molecule has 1 aromatic rings. The third kappa shape index (κ3) is 5.78. The highest BCUT2D eigenvalue weighted by Crippen LogP contribution is 2.21. The Bertz CT molecular complexity index is 381. The average Bonchev–Trinajstić information content (AvgIpc) is 2.45. The van der Waals surface area contributed by atoms with Crippen LogP contribution in [0.25, 0.3) is 0 Å². The van der Waals surface area contributed by atoms with Crippen LogP contribution in [0.4, 0.5) is 0 Å². The van der Waals surface area contributed by atoms with Crippen molar-refractivity contribution < 1.29 is 4.74 Å². The van der Waals surface area contributed by atoms with Crippen molar-refractivity contribution in [2.75, 3.05) is 6.61 Å². The molecule has 0 saturated carbocycles. The first-order valence-electron chi connectivity index (χ1n) is 6.94. The number of hydrogen-bond donors (Lipinski definition) is 2. The molecule has 0 heterocycles. The van der Waals surface area contributed by atoms with Crippen LogP contribution in [0.5, 0.6) is 5.75 Å². The van der Waals surface area contributed by atoms with Crippen LogP contribution in [-0.2, 0) is 0 Å². The Kier molecular flexibility index (Phi) is 7.72. The molecular formula is C16H24N2O. The van der Waals surface area contributed by atoms with E-state index in [0.29, 0.717) is 0 Å². The molecule has 3 nitrogen and oxygen atoms in total. The highest BCUT2D eigenvalue weighted by Gasteiger charge is 2.08. The van der Waals surface area contributed by atoms with Crippen LogP contribution in [0, 0.1) is 12.3 Å². The zero-order chi connectivity index (χ0) is 13.9. The molecule has 0 bridgehead atoms. The number of nitrogens with two attached hydrogens (primary N) is 1. The van der Waals surface area contributed by atoms with Crippen LogP contribution in [-0.4, -0.2) is 6.61 Å². The quantitative estimate of drug-likeness (QED) is 0.310. The predicted octanol–water partition coefficient (Wildman–Crippen LogP) is 3.17. The van der Waals surface area contributed by atoms with Crippen molar-refractivity contribution in [2.45, 2.75) is 45.1 Å². The lowest BCUT2D eigenvalue weighted by atomic mass is 10.0. The van der Waals surface area contributed by atoms with E-state index in [1.165, 1.54) is 5.56 Å². The number of unbranched alkanes of at least 4 members (excludes halogenated alkanes) is 2. The molecule has 3 heteroatoms. The van der Waals surface area contributed by atoms with Crippen molar-refractivity contribution in [1.29, 1.82) is 0 Å². The zero-order valence-electron chi connectivity index (χ0n) is 11.7. The summed E-state index contributed by atoms with van der Waals surface area (Å²) in [7, 11) is 0. The fraction of sp³-hybridized carbons (Fsp3) is 0.500. The van der Waals surface area contributed by atoms with Gasteiger partial charge in [-0.1, -0.05) is 25.5 Å². The summed E-state index contributed by atoms with van der Waals surface area (Å²) in [5.74, 6) is 9.15. The number of hydrogen-bond acceptors (Lipinski definition) is 3. The zero-order valence-corrected chi connectivity index (χ0v) is 11.7. The molecule has 0 aromatic heterocycles. The number of hydrazine groups is 1. The lowest BCUT2D eigenvalue weighted by molar-refractivity contribution is 0.309. The van der Waals surface area contributed by atoms with Crippen molar-refractivity contribution in [2.24, 2.45) is 5.84 Å². The largest absolute Gasteiger partial charge is 0.494 e. The van der Waals surface area contributed by atoms with Gasteiger partial charge in [0.05, 0.1) is 6.61 Å². The van der Waals surface area contributed by atoms with Crippen LogP contribution in [0.2, 0.25) is 0 Å². The summed E-state index contributed by atoms with van der Waals surface area (Å²) in [6, 6.07) is 8.26. The van der Waals surface area contributed by atoms with E-state index < -0.39 is 0 Å². The van der Waals surface area contributed by atoms with Crippen molar-refractivity contribution in [3.05, 3.63) is 29.8 Å². The van der Waals surface area contributed by atoms with E-state index in [1.54, 1.807) is 0 Å². The summed E-state index contributed by atoms with van der Waals surface area (Å²) in [6.45, 7) is 2.93. The van der Waals surface area contributed by atoms with E-state index in [9.17, 15) is 0 Å². The van der Waals surface area contributed by atoms with Gasteiger partial charge in [-0.25, -0.2) is 0 Å². The molecule has 1 aromatic carbocycles. The van der Waals surface area contributed by atoms with Gasteiger partial charge in [0, 0.05) is 12.5 Å². The van der Waals surface area contributed by atoms with Gasteiger partial charge in [-0.3, -0.25) is 11.3 Å². The Labute approximate surface area is 116 Å². The smallest absolute Gasteiger partial charge is 0.119 e. The molecule has 3 N–H and O–H groups in total. The predicted molar refractivity (Wildman–Crippen MR) is 79.6 cm³/mol. The number of nitrogens with one attached hydrogen (secondary N) is 1. The summed E-state index contributed by atoms with van der Waals surface area (Å²) < 4.78 is 5.64. The molecule has 104 valence electrons. The van der Waals surface area contributed by atoms with E-state index in [4.69, 9.17) is 17.0 Å². The van der Waals surface area contributed by atoms with Crippen LogP contribution in [0.15, 0.2) is 24.3 Å². The van der Waals surface area contributed by atoms with Gasteiger partial charge < -0.3 is 4.74 Å². The monoisotopic (exact) mass is 260 g/mol. The van der Waals surface area contributed by atoms with Gasteiger partial charge in [0.15, 0.2) is 0 Å². The van der Waals surface area contributed by atoms with Gasteiger partial charge in [-0.2, -0.15) is 0 Å². The van der Waals surface area contributed by atoms with Crippen molar-refractivity contribution in [3.8, 4) is 18.1 Å². The third-order valence-corrected chi connectivity index (χ3v) is 3.06. The first-order valence-corrected chi connectivity index (χ1v) is 6.94. The van der Waals surface area contributed by atoms with Crippen LogP contribution < -0.4 is 16.0 Å². The summed E-state index contributed by atoms with van der Waals surface area (Å²) in [4.78, 5) is 0. The SMILES string of the molecule is C#CCCCC(NN)c1ccc(OCCCC)cc1. The summed E-state index contributed by atoms with van der Waals surface area (Å²) in [5, 5.41) is 0. The molecule has 0 fully saturated rings. The molecule has 19 heavy (non-hydrogen) atoms. The molecule has 0 saturated heterocycles. The molecule has 0 spiro atoms. The van der Waals surface area contributed by atoms with Crippen molar-refractivity contribution in [3.63, 3.8) is 0 Å². The van der Waals surface area contributed by atoms with Crippen LogP contribution in [0.1, 0.15) is 50.6 Å². The van der Waals surface area contributed by atoms with Gasteiger partial charge in [0.25, 0.3) is 0 Å².